The first-order valence-corrected chi connectivity index (χ1v) is 9.01. The van der Waals surface area contributed by atoms with Gasteiger partial charge in [0.2, 0.25) is 0 Å². The van der Waals surface area contributed by atoms with E-state index in [0.29, 0.717) is 16.7 Å². The Hall–Kier alpha value is -0.560. The third-order valence-electron chi connectivity index (χ3n) is 7.57. The summed E-state index contributed by atoms with van der Waals surface area (Å²) in [7, 11) is 0. The van der Waals surface area contributed by atoms with E-state index >= 15 is 0 Å². The molecule has 0 spiro atoms. The molecule has 0 aromatic rings. The van der Waals surface area contributed by atoms with E-state index in [1.54, 1.807) is 0 Å². The normalized spacial score (nSPS) is 47.8. The molecule has 0 amide bonds. The molecule has 1 saturated carbocycles. The van der Waals surface area contributed by atoms with Gasteiger partial charge in [0.25, 0.3) is 0 Å². The summed E-state index contributed by atoms with van der Waals surface area (Å²) in [5, 5.41) is 9.98. The Kier molecular flexibility index (Phi) is 2.99. The lowest BCUT2D eigenvalue weighted by molar-refractivity contribution is 0.00483. The highest BCUT2D eigenvalue weighted by atomic mass is 16.3. The second-order valence-electron chi connectivity index (χ2n) is 8.94. The summed E-state index contributed by atoms with van der Waals surface area (Å²) in [4.78, 5) is 0. The summed E-state index contributed by atoms with van der Waals surface area (Å²) in [6.45, 7) is 7.41. The molecule has 4 aliphatic rings. The molecule has 116 valence electrons. The van der Waals surface area contributed by atoms with Crippen LogP contribution in [0.1, 0.15) is 65.7 Å². The third-order valence-corrected chi connectivity index (χ3v) is 7.57. The second-order valence-corrected chi connectivity index (χ2v) is 8.94. The molecule has 1 N–H and O–H groups in total. The van der Waals surface area contributed by atoms with E-state index in [2.05, 4.69) is 32.9 Å². The molecule has 5 atom stereocenters. The van der Waals surface area contributed by atoms with Gasteiger partial charge >= 0.3 is 0 Å². The van der Waals surface area contributed by atoms with Crippen LogP contribution >= 0.6 is 0 Å². The standard InChI is InChI=1S/C20H30O/c1-19(2)10-9-16-15-5-4-13-12-14(21)8-11-20(13,3)18(15)7-6-17(16)19/h8,11,13-15,18,21H,4-7,9-10,12H2,1-3H3/t13-,14-,15+,18+,20-/m1/s1. The van der Waals surface area contributed by atoms with Crippen molar-refractivity contribution < 1.29 is 5.11 Å². The van der Waals surface area contributed by atoms with Crippen molar-refractivity contribution in [1.29, 1.82) is 0 Å². The molecule has 0 aromatic heterocycles. The minimum atomic E-state index is -0.191. The van der Waals surface area contributed by atoms with E-state index in [4.69, 9.17) is 0 Å². The molecule has 4 rings (SSSR count). The fourth-order valence-corrected chi connectivity index (χ4v) is 6.27. The molecule has 0 aromatic carbocycles. The molecule has 0 bridgehead atoms. The molecular formula is C20H30O. The first kappa shape index (κ1) is 14.1. The van der Waals surface area contributed by atoms with Crippen molar-refractivity contribution >= 4 is 0 Å². The van der Waals surface area contributed by atoms with Crippen LogP contribution in [0.3, 0.4) is 0 Å². The summed E-state index contributed by atoms with van der Waals surface area (Å²) in [5.74, 6) is 2.37. The lowest BCUT2D eigenvalue weighted by Gasteiger charge is -2.54. The van der Waals surface area contributed by atoms with Crippen molar-refractivity contribution in [1.82, 2.24) is 0 Å². The van der Waals surface area contributed by atoms with Crippen LogP contribution in [0.15, 0.2) is 23.3 Å². The van der Waals surface area contributed by atoms with Gasteiger partial charge in [-0.1, -0.05) is 44.1 Å². The number of hydrogen-bond donors (Lipinski definition) is 1. The SMILES string of the molecule is CC1(C)CCC2=C1CC[C@H]1[C@H]2CC[C@@H]2C[C@H](O)C=C[C@]21C. The van der Waals surface area contributed by atoms with Gasteiger partial charge in [0.15, 0.2) is 0 Å². The highest BCUT2D eigenvalue weighted by molar-refractivity contribution is 5.34. The van der Waals surface area contributed by atoms with Gasteiger partial charge in [-0.05, 0) is 73.5 Å². The van der Waals surface area contributed by atoms with Gasteiger partial charge in [-0.15, -0.1) is 0 Å². The fraction of sp³-hybridized carbons (Fsp3) is 0.800. The van der Waals surface area contributed by atoms with Gasteiger partial charge in [-0.2, -0.15) is 0 Å². The van der Waals surface area contributed by atoms with Crippen molar-refractivity contribution in [3.8, 4) is 0 Å². The van der Waals surface area contributed by atoms with Crippen molar-refractivity contribution in [2.24, 2.45) is 28.6 Å². The zero-order chi connectivity index (χ0) is 14.8. The van der Waals surface area contributed by atoms with Gasteiger partial charge in [0.1, 0.15) is 0 Å². The van der Waals surface area contributed by atoms with E-state index in [9.17, 15) is 5.11 Å². The number of hydrogen-bond acceptors (Lipinski definition) is 1. The van der Waals surface area contributed by atoms with Crippen molar-refractivity contribution in [3.05, 3.63) is 23.3 Å². The van der Waals surface area contributed by atoms with E-state index in [1.165, 1.54) is 38.5 Å². The predicted molar refractivity (Wildman–Crippen MR) is 86.8 cm³/mol. The average Bonchev–Trinajstić information content (AvgIpc) is 2.76. The molecule has 21 heavy (non-hydrogen) atoms. The Morgan fingerprint density at radius 2 is 1.90 bits per heavy atom. The van der Waals surface area contributed by atoms with E-state index in [-0.39, 0.29) is 6.10 Å². The minimum absolute atomic E-state index is 0.191. The van der Waals surface area contributed by atoms with Gasteiger partial charge < -0.3 is 5.11 Å². The highest BCUT2D eigenvalue weighted by Gasteiger charge is 2.52. The number of aliphatic hydroxyl groups excluding tert-OH is 1. The molecule has 1 nitrogen and oxygen atoms in total. The van der Waals surface area contributed by atoms with Crippen LogP contribution < -0.4 is 0 Å². The minimum Gasteiger partial charge on any atom is -0.389 e. The van der Waals surface area contributed by atoms with E-state index < -0.39 is 0 Å². The number of aliphatic hydroxyl groups is 1. The van der Waals surface area contributed by atoms with Crippen LogP contribution in [0, 0.1) is 28.6 Å². The fourth-order valence-electron chi connectivity index (χ4n) is 6.27. The molecular weight excluding hydrogens is 256 g/mol. The summed E-state index contributed by atoms with van der Waals surface area (Å²) < 4.78 is 0. The maximum Gasteiger partial charge on any atom is 0.0724 e. The summed E-state index contributed by atoms with van der Waals surface area (Å²) >= 11 is 0. The highest BCUT2D eigenvalue weighted by Crippen LogP contribution is 2.62. The van der Waals surface area contributed by atoms with Crippen LogP contribution in [0.25, 0.3) is 0 Å². The smallest absolute Gasteiger partial charge is 0.0724 e. The lowest BCUT2D eigenvalue weighted by Crippen LogP contribution is -2.47. The van der Waals surface area contributed by atoms with Gasteiger partial charge in [0.05, 0.1) is 6.10 Å². The van der Waals surface area contributed by atoms with Crippen LogP contribution in [0.2, 0.25) is 0 Å². The van der Waals surface area contributed by atoms with Gasteiger partial charge in [-0.25, -0.2) is 0 Å². The van der Waals surface area contributed by atoms with Crippen molar-refractivity contribution in [2.75, 3.05) is 0 Å². The molecule has 0 aliphatic heterocycles. The molecule has 4 aliphatic carbocycles. The lowest BCUT2D eigenvalue weighted by atomic mass is 9.50. The molecule has 1 heteroatoms. The Balaban J connectivity index is 1.71. The third kappa shape index (κ3) is 1.92. The Bertz CT molecular complexity index is 512. The number of allylic oxidation sites excluding steroid dienone is 3. The molecule has 0 heterocycles. The quantitative estimate of drug-likeness (QED) is 0.630. The summed E-state index contributed by atoms with van der Waals surface area (Å²) in [6.07, 6.45) is 13.4. The zero-order valence-corrected chi connectivity index (χ0v) is 13.9. The summed E-state index contributed by atoms with van der Waals surface area (Å²) in [6, 6.07) is 0. The van der Waals surface area contributed by atoms with Crippen LogP contribution in [0.4, 0.5) is 0 Å². The van der Waals surface area contributed by atoms with Crippen molar-refractivity contribution in [2.45, 2.75) is 71.8 Å². The number of fused-ring (bicyclic) bond motifs is 4. The second kappa shape index (κ2) is 4.47. The van der Waals surface area contributed by atoms with E-state index in [0.717, 1.165) is 18.3 Å². The Labute approximate surface area is 129 Å². The molecule has 1 fully saturated rings. The van der Waals surface area contributed by atoms with Crippen LogP contribution in [-0.4, -0.2) is 11.2 Å². The van der Waals surface area contributed by atoms with Gasteiger partial charge in [0, 0.05) is 0 Å². The largest absolute Gasteiger partial charge is 0.389 e. The van der Waals surface area contributed by atoms with Crippen LogP contribution in [0.5, 0.6) is 0 Å². The maximum atomic E-state index is 9.98. The molecule has 0 unspecified atom stereocenters. The van der Waals surface area contributed by atoms with Gasteiger partial charge in [-0.3, -0.25) is 0 Å². The molecule has 0 saturated heterocycles. The van der Waals surface area contributed by atoms with Crippen LogP contribution in [-0.2, 0) is 0 Å². The Morgan fingerprint density at radius 3 is 2.71 bits per heavy atom. The maximum absolute atomic E-state index is 9.98. The van der Waals surface area contributed by atoms with Crippen molar-refractivity contribution in [3.63, 3.8) is 0 Å². The van der Waals surface area contributed by atoms with E-state index in [1.807, 2.05) is 11.1 Å². The summed E-state index contributed by atoms with van der Waals surface area (Å²) in [5.41, 5.74) is 4.49. The number of rotatable bonds is 0. The average molecular weight is 286 g/mol. The monoisotopic (exact) mass is 286 g/mol. The topological polar surface area (TPSA) is 20.2 Å². The first-order chi connectivity index (χ1) is 9.92. The first-order valence-electron chi connectivity index (χ1n) is 9.01. The zero-order valence-electron chi connectivity index (χ0n) is 13.9. The Morgan fingerprint density at radius 1 is 1.10 bits per heavy atom. The molecule has 0 radical (unpaired) electrons. The predicted octanol–water partition coefficient (Wildman–Crippen LogP) is 4.87.